The minimum absolute atomic E-state index is 0.0554. The predicted molar refractivity (Wildman–Crippen MR) is 123 cm³/mol. The average Bonchev–Trinajstić information content (AvgIpc) is 3.56. The molecule has 4 rings (SSSR count). The van der Waals surface area contributed by atoms with Gasteiger partial charge in [0.15, 0.2) is 18.1 Å². The van der Waals surface area contributed by atoms with Crippen LogP contribution in [0.5, 0.6) is 11.5 Å². The van der Waals surface area contributed by atoms with E-state index < -0.39 is 17.0 Å². The van der Waals surface area contributed by atoms with Crippen molar-refractivity contribution in [3.8, 4) is 11.5 Å². The van der Waals surface area contributed by atoms with Crippen LogP contribution in [0.4, 0.5) is 9.18 Å². The molecule has 2 aliphatic rings. The number of ether oxygens (including phenoxy) is 2. The molecule has 172 valence electrons. The lowest BCUT2D eigenvalue weighted by molar-refractivity contribution is -0.124. The number of rotatable bonds is 8. The average molecular weight is 491 g/mol. The van der Waals surface area contributed by atoms with Crippen molar-refractivity contribution in [2.45, 2.75) is 25.4 Å². The van der Waals surface area contributed by atoms with E-state index in [1.807, 2.05) is 0 Å². The molecule has 1 aliphatic heterocycles. The molecule has 0 aromatic heterocycles. The summed E-state index contributed by atoms with van der Waals surface area (Å²) < 4.78 is 24.2. The number of thioether (sulfide) groups is 1. The molecule has 1 saturated heterocycles. The first-order valence-electron chi connectivity index (χ1n) is 10.1. The lowest BCUT2D eigenvalue weighted by Gasteiger charge is -2.13. The molecule has 1 heterocycles. The molecule has 10 heteroatoms. The summed E-state index contributed by atoms with van der Waals surface area (Å²) in [6.07, 6.45) is 3.56. The van der Waals surface area contributed by atoms with Crippen LogP contribution in [0.15, 0.2) is 41.3 Å². The Morgan fingerprint density at radius 2 is 2.03 bits per heavy atom. The zero-order valence-electron chi connectivity index (χ0n) is 17.6. The highest BCUT2D eigenvalue weighted by molar-refractivity contribution is 8.18. The Morgan fingerprint density at radius 1 is 1.24 bits per heavy atom. The topological polar surface area (TPSA) is 84.9 Å². The van der Waals surface area contributed by atoms with Crippen LogP contribution in [0, 0.1) is 5.82 Å². The van der Waals surface area contributed by atoms with Gasteiger partial charge in [0.1, 0.15) is 5.82 Å². The molecule has 2 aromatic rings. The number of hydrogen-bond acceptors (Lipinski definition) is 6. The Labute approximate surface area is 198 Å². The molecule has 7 nitrogen and oxygen atoms in total. The first kappa shape index (κ1) is 23.1. The molecule has 1 aliphatic carbocycles. The maximum atomic E-state index is 13.3. The lowest BCUT2D eigenvalue weighted by atomic mass is 10.1. The van der Waals surface area contributed by atoms with Gasteiger partial charge in [0.25, 0.3) is 17.1 Å². The Kier molecular flexibility index (Phi) is 6.90. The Morgan fingerprint density at radius 3 is 2.73 bits per heavy atom. The van der Waals surface area contributed by atoms with E-state index in [1.54, 1.807) is 24.3 Å². The second-order valence-corrected chi connectivity index (χ2v) is 8.94. The molecule has 0 spiro atoms. The fourth-order valence-corrected chi connectivity index (χ4v) is 4.21. The summed E-state index contributed by atoms with van der Waals surface area (Å²) in [4.78, 5) is 38.3. The van der Waals surface area contributed by atoms with E-state index >= 15 is 0 Å². The van der Waals surface area contributed by atoms with E-state index in [1.165, 1.54) is 19.2 Å². The number of carbonyl (C=O) groups excluding carboxylic acids is 3. The maximum absolute atomic E-state index is 13.3. The highest BCUT2D eigenvalue weighted by atomic mass is 35.5. The van der Waals surface area contributed by atoms with Gasteiger partial charge in [-0.1, -0.05) is 23.7 Å². The van der Waals surface area contributed by atoms with Crippen molar-refractivity contribution in [1.82, 2.24) is 10.2 Å². The van der Waals surface area contributed by atoms with Gasteiger partial charge in [0.2, 0.25) is 0 Å². The van der Waals surface area contributed by atoms with Crippen LogP contribution in [0.1, 0.15) is 24.0 Å². The highest BCUT2D eigenvalue weighted by Crippen LogP contribution is 2.36. The molecule has 1 saturated carbocycles. The zero-order valence-corrected chi connectivity index (χ0v) is 19.2. The molecular weight excluding hydrogens is 471 g/mol. The summed E-state index contributed by atoms with van der Waals surface area (Å²) in [5, 5.41) is 2.54. The number of carbonyl (C=O) groups is 3. The molecule has 2 fully saturated rings. The first-order valence-corrected chi connectivity index (χ1v) is 11.3. The van der Waals surface area contributed by atoms with E-state index in [-0.39, 0.29) is 35.0 Å². The van der Waals surface area contributed by atoms with Gasteiger partial charge in [0, 0.05) is 11.1 Å². The van der Waals surface area contributed by atoms with Crippen LogP contribution in [0.3, 0.4) is 0 Å². The SMILES string of the molecule is COc1cc(/C=C2\SC(=O)N(Cc3ccc(F)cc3Cl)C2=O)ccc1OCC(=O)NC1CC1. The summed E-state index contributed by atoms with van der Waals surface area (Å²) in [7, 11) is 1.47. The van der Waals surface area contributed by atoms with Crippen LogP contribution in [-0.2, 0) is 16.1 Å². The van der Waals surface area contributed by atoms with E-state index in [9.17, 15) is 18.8 Å². The van der Waals surface area contributed by atoms with Gasteiger partial charge in [-0.15, -0.1) is 0 Å². The fourth-order valence-electron chi connectivity index (χ4n) is 3.14. The standard InChI is InChI=1S/C23H20ClFN2O5S/c1-31-19-8-13(2-7-18(19)32-12-21(28)26-16-5-6-16)9-20-22(29)27(23(30)33-20)11-14-3-4-15(25)10-17(14)24/h2-4,7-10,16H,5-6,11-12H2,1H3,(H,26,28)/b20-9-. The molecule has 1 N–H and O–H groups in total. The Bertz CT molecular complexity index is 1150. The van der Waals surface area contributed by atoms with Gasteiger partial charge in [0.05, 0.1) is 18.6 Å². The number of nitrogens with one attached hydrogen (secondary N) is 1. The first-order chi connectivity index (χ1) is 15.8. The lowest BCUT2D eigenvalue weighted by Crippen LogP contribution is -2.30. The van der Waals surface area contributed by atoms with Crippen molar-refractivity contribution >= 4 is 46.5 Å². The molecule has 2 aromatic carbocycles. The van der Waals surface area contributed by atoms with Crippen molar-refractivity contribution in [3.05, 3.63) is 63.3 Å². The smallest absolute Gasteiger partial charge is 0.293 e. The Balaban J connectivity index is 1.45. The second kappa shape index (κ2) is 9.84. The van der Waals surface area contributed by atoms with Crippen LogP contribution < -0.4 is 14.8 Å². The largest absolute Gasteiger partial charge is 0.493 e. The third-order valence-corrected chi connectivity index (χ3v) is 6.26. The van der Waals surface area contributed by atoms with Crippen molar-refractivity contribution in [3.63, 3.8) is 0 Å². The van der Waals surface area contributed by atoms with Gasteiger partial charge in [-0.3, -0.25) is 19.3 Å². The van der Waals surface area contributed by atoms with Gasteiger partial charge in [-0.2, -0.15) is 0 Å². The predicted octanol–water partition coefficient (Wildman–Crippen LogP) is 4.38. The van der Waals surface area contributed by atoms with Crippen molar-refractivity contribution in [2.24, 2.45) is 0 Å². The number of amides is 3. The number of methoxy groups -OCH3 is 1. The van der Waals surface area contributed by atoms with Crippen molar-refractivity contribution < 1.29 is 28.2 Å². The third-order valence-electron chi connectivity index (χ3n) is 5.00. The van der Waals surface area contributed by atoms with Crippen molar-refractivity contribution in [1.29, 1.82) is 0 Å². The minimum atomic E-state index is -0.497. The van der Waals surface area contributed by atoms with Crippen molar-refractivity contribution in [2.75, 3.05) is 13.7 Å². The molecule has 3 amide bonds. The van der Waals surface area contributed by atoms with Crippen LogP contribution >= 0.6 is 23.4 Å². The third kappa shape index (κ3) is 5.66. The monoisotopic (exact) mass is 490 g/mol. The summed E-state index contributed by atoms with van der Waals surface area (Å²) in [5.41, 5.74) is 1.09. The van der Waals surface area contributed by atoms with E-state index in [0.29, 0.717) is 22.6 Å². The Hall–Kier alpha value is -3.04. The highest BCUT2D eigenvalue weighted by Gasteiger charge is 2.35. The van der Waals surface area contributed by atoms with Crippen LogP contribution in [0.25, 0.3) is 6.08 Å². The van der Waals surface area contributed by atoms with Gasteiger partial charge in [-0.05, 0) is 66.1 Å². The quantitative estimate of drug-likeness (QED) is 0.553. The summed E-state index contributed by atoms with van der Waals surface area (Å²) in [6.45, 7) is -0.183. The number of imide groups is 1. The minimum Gasteiger partial charge on any atom is -0.493 e. The summed E-state index contributed by atoms with van der Waals surface area (Å²) in [6, 6.07) is 9.04. The van der Waals surface area contributed by atoms with E-state index in [2.05, 4.69) is 5.32 Å². The van der Waals surface area contributed by atoms with Crippen LogP contribution in [0.2, 0.25) is 5.02 Å². The van der Waals surface area contributed by atoms with Gasteiger partial charge >= 0.3 is 0 Å². The zero-order chi connectivity index (χ0) is 23.5. The number of halogens is 2. The maximum Gasteiger partial charge on any atom is 0.293 e. The fraction of sp³-hybridized carbons (Fsp3) is 0.261. The number of nitrogens with zero attached hydrogens (tertiary/aromatic N) is 1. The molecule has 0 radical (unpaired) electrons. The number of benzene rings is 2. The molecule has 33 heavy (non-hydrogen) atoms. The van der Waals surface area contributed by atoms with Crippen LogP contribution in [-0.4, -0.2) is 41.7 Å². The molecule has 0 bridgehead atoms. The summed E-state index contributed by atoms with van der Waals surface area (Å²) >= 11 is 6.83. The number of hydrogen-bond donors (Lipinski definition) is 1. The van der Waals surface area contributed by atoms with E-state index in [4.69, 9.17) is 21.1 Å². The van der Waals surface area contributed by atoms with Gasteiger partial charge < -0.3 is 14.8 Å². The van der Waals surface area contributed by atoms with E-state index in [0.717, 1.165) is 35.6 Å². The molecular formula is C23H20ClFN2O5S. The molecule has 0 unspecified atom stereocenters. The molecule has 0 atom stereocenters. The van der Waals surface area contributed by atoms with Gasteiger partial charge in [-0.25, -0.2) is 4.39 Å². The second-order valence-electron chi connectivity index (χ2n) is 7.54. The summed E-state index contributed by atoms with van der Waals surface area (Å²) in [5.74, 6) is -0.386. The normalized spacial score (nSPS) is 16.9.